The van der Waals surface area contributed by atoms with E-state index in [-0.39, 0.29) is 17.9 Å². The number of nitrogens with one attached hydrogen (secondary N) is 1. The molecular weight excluding hydrogens is 473 g/mol. The smallest absolute Gasteiger partial charge is 0.326 e. The molecule has 0 bridgehead atoms. The largest absolute Gasteiger partial charge is 0.480 e. The third kappa shape index (κ3) is 4.59. The SMILES string of the molecule is CC[C@H](C)[C@H](NC(=O)N1CCC2(CC1)C(=O)N(c1cccc(F)c1)C2c1ccc(Cl)cc1)C(=O)O. The lowest BCUT2D eigenvalue weighted by molar-refractivity contribution is -0.144. The van der Waals surface area contributed by atoms with Crippen molar-refractivity contribution in [3.05, 3.63) is 64.9 Å². The molecule has 35 heavy (non-hydrogen) atoms. The van der Waals surface area contributed by atoms with Gasteiger partial charge in [0, 0.05) is 23.8 Å². The molecule has 3 amide bonds. The van der Waals surface area contributed by atoms with Gasteiger partial charge in [0.15, 0.2) is 0 Å². The van der Waals surface area contributed by atoms with E-state index < -0.39 is 29.3 Å². The van der Waals surface area contributed by atoms with Gasteiger partial charge in [0.2, 0.25) is 5.91 Å². The first-order chi connectivity index (χ1) is 16.7. The van der Waals surface area contributed by atoms with Crippen molar-refractivity contribution in [3.8, 4) is 0 Å². The van der Waals surface area contributed by atoms with Gasteiger partial charge in [-0.1, -0.05) is 50.1 Å². The summed E-state index contributed by atoms with van der Waals surface area (Å²) in [5, 5.41) is 12.7. The predicted molar refractivity (Wildman–Crippen MR) is 131 cm³/mol. The Balaban J connectivity index is 1.55. The van der Waals surface area contributed by atoms with Crippen molar-refractivity contribution in [2.75, 3.05) is 18.0 Å². The normalized spacial score (nSPS) is 20.8. The summed E-state index contributed by atoms with van der Waals surface area (Å²) in [5.74, 6) is -1.81. The number of halogens is 2. The summed E-state index contributed by atoms with van der Waals surface area (Å²) in [6.07, 6.45) is 1.45. The van der Waals surface area contributed by atoms with Gasteiger partial charge in [-0.25, -0.2) is 14.0 Å². The van der Waals surface area contributed by atoms with Gasteiger partial charge in [0.1, 0.15) is 11.9 Å². The average Bonchev–Trinajstić information content (AvgIpc) is 2.85. The lowest BCUT2D eigenvalue weighted by atomic mass is 9.62. The number of aliphatic carboxylic acids is 1. The molecule has 0 aliphatic carbocycles. The number of piperidine rings is 1. The van der Waals surface area contributed by atoms with Gasteiger partial charge < -0.3 is 20.2 Å². The van der Waals surface area contributed by atoms with Crippen molar-refractivity contribution in [3.63, 3.8) is 0 Å². The van der Waals surface area contributed by atoms with E-state index in [2.05, 4.69) is 5.32 Å². The highest BCUT2D eigenvalue weighted by molar-refractivity contribution is 6.30. The summed E-state index contributed by atoms with van der Waals surface area (Å²) in [5.41, 5.74) is 0.636. The van der Waals surface area contributed by atoms with Crippen molar-refractivity contribution < 1.29 is 23.9 Å². The monoisotopic (exact) mass is 501 g/mol. The van der Waals surface area contributed by atoms with Gasteiger partial charge in [-0.05, 0) is 54.7 Å². The third-order valence-electron chi connectivity index (χ3n) is 7.40. The fourth-order valence-corrected chi connectivity index (χ4v) is 5.29. The van der Waals surface area contributed by atoms with Gasteiger partial charge >= 0.3 is 12.0 Å². The second-order valence-electron chi connectivity index (χ2n) is 9.40. The molecule has 2 aromatic carbocycles. The number of carbonyl (C=O) groups excluding carboxylic acids is 2. The summed E-state index contributed by atoms with van der Waals surface area (Å²) >= 11 is 6.08. The first kappa shape index (κ1) is 25.0. The molecule has 0 saturated carbocycles. The summed E-state index contributed by atoms with van der Waals surface area (Å²) in [7, 11) is 0. The van der Waals surface area contributed by atoms with Crippen LogP contribution in [0.15, 0.2) is 48.5 Å². The molecule has 2 aliphatic rings. The van der Waals surface area contributed by atoms with Gasteiger partial charge in [0.05, 0.1) is 11.5 Å². The van der Waals surface area contributed by atoms with E-state index >= 15 is 0 Å². The van der Waals surface area contributed by atoms with Gasteiger partial charge in [0.25, 0.3) is 0 Å². The number of amides is 3. The van der Waals surface area contributed by atoms with Crippen molar-refractivity contribution in [2.45, 2.75) is 45.2 Å². The highest BCUT2D eigenvalue weighted by Crippen LogP contribution is 2.57. The predicted octanol–water partition coefficient (Wildman–Crippen LogP) is 4.86. The Hall–Kier alpha value is -3.13. The number of carboxylic acids is 1. The van der Waals surface area contributed by atoms with Crippen molar-refractivity contribution >= 4 is 35.2 Å². The number of benzene rings is 2. The second kappa shape index (κ2) is 9.85. The van der Waals surface area contributed by atoms with Crippen LogP contribution in [-0.2, 0) is 9.59 Å². The van der Waals surface area contributed by atoms with Gasteiger partial charge in [-0.3, -0.25) is 4.79 Å². The van der Waals surface area contributed by atoms with Crippen LogP contribution in [0.1, 0.15) is 44.7 Å². The molecule has 2 N–H and O–H groups in total. The van der Waals surface area contributed by atoms with Crippen LogP contribution in [0.4, 0.5) is 14.9 Å². The molecule has 2 heterocycles. The third-order valence-corrected chi connectivity index (χ3v) is 7.65. The quantitative estimate of drug-likeness (QED) is 0.553. The van der Waals surface area contributed by atoms with Crippen LogP contribution in [0.25, 0.3) is 0 Å². The molecule has 0 aromatic heterocycles. The maximum atomic E-state index is 14.0. The molecule has 186 valence electrons. The Morgan fingerprint density at radius 1 is 1.20 bits per heavy atom. The van der Waals surface area contributed by atoms with Crippen LogP contribution in [0.3, 0.4) is 0 Å². The van der Waals surface area contributed by atoms with Crippen LogP contribution in [-0.4, -0.2) is 47.0 Å². The summed E-state index contributed by atoms with van der Waals surface area (Å²) < 4.78 is 14.0. The highest BCUT2D eigenvalue weighted by atomic mass is 35.5. The number of hydrogen-bond donors (Lipinski definition) is 2. The van der Waals surface area contributed by atoms with Crippen LogP contribution >= 0.6 is 11.6 Å². The molecule has 0 radical (unpaired) electrons. The maximum absolute atomic E-state index is 14.0. The van der Waals surface area contributed by atoms with E-state index in [1.54, 1.807) is 41.0 Å². The molecule has 4 rings (SSSR count). The lowest BCUT2D eigenvalue weighted by Gasteiger charge is -2.59. The molecule has 3 atom stereocenters. The maximum Gasteiger partial charge on any atom is 0.326 e. The number of urea groups is 1. The standard InChI is InChI=1S/C26H29ClFN3O4/c1-3-16(2)21(23(32)33)29-25(35)30-13-11-26(12-14-30)22(17-7-9-18(27)10-8-17)31(24(26)34)20-6-4-5-19(28)15-20/h4-10,15-16,21-22H,3,11-14H2,1-2H3,(H,29,35)(H,32,33)/t16-,21-,22?/m0/s1. The molecular formula is C26H29ClFN3O4. The van der Waals surface area contributed by atoms with E-state index in [4.69, 9.17) is 11.6 Å². The Labute approximate surface area is 208 Å². The molecule has 7 nitrogen and oxygen atoms in total. The molecule has 1 spiro atoms. The molecule has 2 saturated heterocycles. The number of nitrogens with zero attached hydrogens (tertiary/aromatic N) is 2. The molecule has 2 aromatic rings. The number of β-lactam (4-membered cyclic amide) rings is 1. The number of rotatable bonds is 6. The Morgan fingerprint density at radius 2 is 1.86 bits per heavy atom. The first-order valence-corrected chi connectivity index (χ1v) is 12.2. The van der Waals surface area contributed by atoms with Gasteiger partial charge in [-0.2, -0.15) is 0 Å². The van der Waals surface area contributed by atoms with E-state index in [1.807, 2.05) is 19.1 Å². The van der Waals surface area contributed by atoms with E-state index in [1.165, 1.54) is 12.1 Å². The molecule has 2 aliphatic heterocycles. The number of hydrogen-bond acceptors (Lipinski definition) is 3. The van der Waals surface area contributed by atoms with Crippen molar-refractivity contribution in [2.24, 2.45) is 11.3 Å². The molecule has 9 heteroatoms. The minimum atomic E-state index is -1.07. The van der Waals surface area contributed by atoms with Crippen LogP contribution in [0, 0.1) is 17.2 Å². The Bertz CT molecular complexity index is 1120. The minimum absolute atomic E-state index is 0.105. The zero-order valence-corrected chi connectivity index (χ0v) is 20.5. The van der Waals surface area contributed by atoms with Crippen molar-refractivity contribution in [1.29, 1.82) is 0 Å². The summed E-state index contributed by atoms with van der Waals surface area (Å²) in [4.78, 5) is 41.2. The number of anilines is 1. The highest BCUT2D eigenvalue weighted by Gasteiger charge is 2.62. The lowest BCUT2D eigenvalue weighted by Crippen LogP contribution is -2.67. The number of likely N-dealkylation sites (tertiary alicyclic amines) is 1. The molecule has 2 fully saturated rings. The summed E-state index contributed by atoms with van der Waals surface area (Å²) in [6, 6.07) is 11.5. The molecule has 1 unspecified atom stereocenters. The fourth-order valence-electron chi connectivity index (χ4n) is 5.16. The zero-order valence-electron chi connectivity index (χ0n) is 19.7. The first-order valence-electron chi connectivity index (χ1n) is 11.8. The summed E-state index contributed by atoms with van der Waals surface area (Å²) in [6.45, 7) is 4.28. The van der Waals surface area contributed by atoms with Crippen LogP contribution in [0.2, 0.25) is 5.02 Å². The number of carbonyl (C=O) groups is 3. The van der Waals surface area contributed by atoms with E-state index in [0.717, 1.165) is 5.56 Å². The Morgan fingerprint density at radius 3 is 2.43 bits per heavy atom. The van der Waals surface area contributed by atoms with Crippen LogP contribution < -0.4 is 10.2 Å². The number of carboxylic acid groups (broad SMARTS) is 1. The second-order valence-corrected chi connectivity index (χ2v) is 9.84. The average molecular weight is 502 g/mol. The van der Waals surface area contributed by atoms with Crippen molar-refractivity contribution in [1.82, 2.24) is 10.2 Å². The minimum Gasteiger partial charge on any atom is -0.480 e. The van der Waals surface area contributed by atoms with E-state index in [9.17, 15) is 23.9 Å². The fraction of sp³-hybridized carbons (Fsp3) is 0.423. The van der Waals surface area contributed by atoms with Crippen LogP contribution in [0.5, 0.6) is 0 Å². The zero-order chi connectivity index (χ0) is 25.3. The topological polar surface area (TPSA) is 90.0 Å². The van der Waals surface area contributed by atoms with E-state index in [0.29, 0.717) is 43.1 Å². The Kier molecular flexibility index (Phi) is 7.03. The van der Waals surface area contributed by atoms with Gasteiger partial charge in [-0.15, -0.1) is 0 Å².